The molecule has 1 fully saturated rings. The highest BCUT2D eigenvalue weighted by atomic mass is 19.4. The van der Waals surface area contributed by atoms with Crippen molar-refractivity contribution in [1.82, 2.24) is 10.2 Å². The zero-order valence-electron chi connectivity index (χ0n) is 14.4. The monoisotopic (exact) mass is 358 g/mol. The summed E-state index contributed by atoms with van der Waals surface area (Å²) in [6.07, 6.45) is -1.15. The Morgan fingerprint density at radius 3 is 2.48 bits per heavy atom. The van der Waals surface area contributed by atoms with Crippen molar-refractivity contribution in [2.45, 2.75) is 45.1 Å². The third kappa shape index (κ3) is 6.81. The highest BCUT2D eigenvalue weighted by molar-refractivity contribution is 5.77. The number of hydrogen-bond donors (Lipinski definition) is 2. The largest absolute Gasteiger partial charge is 0.573 e. The van der Waals surface area contributed by atoms with Crippen molar-refractivity contribution in [3.63, 3.8) is 0 Å². The third-order valence-corrected chi connectivity index (χ3v) is 4.24. The first-order valence-electron chi connectivity index (χ1n) is 8.50. The Labute approximate surface area is 146 Å². The summed E-state index contributed by atoms with van der Waals surface area (Å²) in [5.41, 5.74) is 6.64. The summed E-state index contributed by atoms with van der Waals surface area (Å²) in [7, 11) is 0. The maximum atomic E-state index is 12.1. The second-order valence-corrected chi connectivity index (χ2v) is 6.08. The van der Waals surface area contributed by atoms with Gasteiger partial charge in [-0.25, -0.2) is 4.99 Å². The van der Waals surface area contributed by atoms with E-state index in [-0.39, 0.29) is 5.75 Å². The van der Waals surface area contributed by atoms with Gasteiger partial charge in [-0.2, -0.15) is 0 Å². The molecule has 1 heterocycles. The Morgan fingerprint density at radius 1 is 1.28 bits per heavy atom. The van der Waals surface area contributed by atoms with Gasteiger partial charge in [-0.05, 0) is 50.0 Å². The lowest BCUT2D eigenvalue weighted by molar-refractivity contribution is -0.274. The minimum Gasteiger partial charge on any atom is -0.406 e. The number of ether oxygens (including phenoxy) is 1. The molecule has 5 nitrogen and oxygen atoms in total. The van der Waals surface area contributed by atoms with Crippen LogP contribution in [0.25, 0.3) is 0 Å². The Hall–Kier alpha value is -1.96. The Bertz CT molecular complexity index is 554. The number of benzene rings is 1. The number of aliphatic imine (C=N–C) groups is 1. The van der Waals surface area contributed by atoms with Gasteiger partial charge < -0.3 is 15.8 Å². The molecule has 1 aliphatic heterocycles. The van der Waals surface area contributed by atoms with E-state index in [1.54, 1.807) is 0 Å². The number of nitrogens with zero attached hydrogens (tertiary/aromatic N) is 2. The van der Waals surface area contributed by atoms with Gasteiger partial charge in [0.25, 0.3) is 0 Å². The van der Waals surface area contributed by atoms with Crippen LogP contribution in [-0.4, -0.2) is 42.9 Å². The van der Waals surface area contributed by atoms with E-state index < -0.39 is 6.36 Å². The van der Waals surface area contributed by atoms with Crippen LogP contribution in [0.1, 0.15) is 31.7 Å². The maximum absolute atomic E-state index is 12.1. The van der Waals surface area contributed by atoms with Crippen molar-refractivity contribution in [2.24, 2.45) is 10.7 Å². The van der Waals surface area contributed by atoms with Crippen molar-refractivity contribution in [1.29, 1.82) is 0 Å². The molecule has 2 rings (SSSR count). The van der Waals surface area contributed by atoms with E-state index >= 15 is 0 Å². The van der Waals surface area contributed by atoms with Gasteiger partial charge in [-0.3, -0.25) is 4.90 Å². The van der Waals surface area contributed by atoms with E-state index in [1.807, 2.05) is 0 Å². The third-order valence-electron chi connectivity index (χ3n) is 4.24. The lowest BCUT2D eigenvalue weighted by Gasteiger charge is -2.26. The summed E-state index contributed by atoms with van der Waals surface area (Å²) < 4.78 is 40.2. The molecule has 0 amide bonds. The van der Waals surface area contributed by atoms with E-state index in [0.29, 0.717) is 18.5 Å². The second kappa shape index (κ2) is 8.94. The molecular formula is C17H25F3N4O. The molecule has 0 aromatic heterocycles. The average molecular weight is 358 g/mol. The van der Waals surface area contributed by atoms with Crippen LogP contribution >= 0.6 is 0 Å². The molecule has 1 aromatic rings. The van der Waals surface area contributed by atoms with Crippen LogP contribution < -0.4 is 15.8 Å². The first-order chi connectivity index (χ1) is 11.9. The number of nitrogens with one attached hydrogen (secondary N) is 1. The molecule has 1 unspecified atom stereocenters. The molecule has 1 aliphatic rings. The second-order valence-electron chi connectivity index (χ2n) is 6.08. The molecule has 25 heavy (non-hydrogen) atoms. The predicted molar refractivity (Wildman–Crippen MR) is 91.3 cm³/mol. The number of rotatable bonds is 7. The highest BCUT2D eigenvalue weighted by Gasteiger charge is 2.30. The van der Waals surface area contributed by atoms with E-state index in [2.05, 4.69) is 26.9 Å². The number of hydrogen-bond acceptors (Lipinski definition) is 3. The van der Waals surface area contributed by atoms with Gasteiger partial charge in [0.2, 0.25) is 0 Å². The first-order valence-corrected chi connectivity index (χ1v) is 8.50. The molecule has 0 radical (unpaired) electrons. The number of halogens is 3. The lowest BCUT2D eigenvalue weighted by Crippen LogP contribution is -2.44. The molecule has 0 spiro atoms. The number of alkyl halides is 3. The Balaban J connectivity index is 1.79. The van der Waals surface area contributed by atoms with Crippen molar-refractivity contribution in [2.75, 3.05) is 19.6 Å². The number of guanidine groups is 1. The van der Waals surface area contributed by atoms with Gasteiger partial charge in [0.15, 0.2) is 5.96 Å². The fourth-order valence-corrected chi connectivity index (χ4v) is 2.89. The standard InChI is InChI=1S/C17H25F3N4O/c1-2-14(24-9-3-4-10-24)12-23-16(21)22-11-13-5-7-15(8-6-13)25-17(18,19)20/h5-8,14H,2-4,9-12H2,1H3,(H3,21,22,23). The molecular weight excluding hydrogens is 333 g/mol. The van der Waals surface area contributed by atoms with E-state index in [4.69, 9.17) is 5.73 Å². The summed E-state index contributed by atoms with van der Waals surface area (Å²) in [6, 6.07) is 6.05. The van der Waals surface area contributed by atoms with Crippen LogP contribution in [0.5, 0.6) is 5.75 Å². The maximum Gasteiger partial charge on any atom is 0.573 e. The minimum absolute atomic E-state index is 0.247. The predicted octanol–water partition coefficient (Wildman–Crippen LogP) is 2.86. The van der Waals surface area contributed by atoms with E-state index in [1.165, 1.54) is 37.1 Å². The van der Waals surface area contributed by atoms with Crippen LogP contribution in [-0.2, 0) is 6.54 Å². The summed E-state index contributed by atoms with van der Waals surface area (Å²) in [6.45, 7) is 5.45. The quantitative estimate of drug-likeness (QED) is 0.581. The van der Waals surface area contributed by atoms with Gasteiger partial charge in [-0.15, -0.1) is 13.2 Å². The normalized spacial score (nSPS) is 17.5. The minimum atomic E-state index is -4.68. The summed E-state index contributed by atoms with van der Waals surface area (Å²) >= 11 is 0. The molecule has 0 aliphatic carbocycles. The van der Waals surface area contributed by atoms with Gasteiger partial charge in [0.05, 0.1) is 6.54 Å². The van der Waals surface area contributed by atoms with E-state index in [9.17, 15) is 13.2 Å². The van der Waals surface area contributed by atoms with Crippen molar-refractivity contribution >= 4 is 5.96 Å². The van der Waals surface area contributed by atoms with Crippen LogP contribution in [0.2, 0.25) is 0 Å². The van der Waals surface area contributed by atoms with Gasteiger partial charge in [0.1, 0.15) is 5.75 Å². The number of likely N-dealkylation sites (tertiary alicyclic amines) is 1. The topological polar surface area (TPSA) is 62.9 Å². The van der Waals surface area contributed by atoms with Crippen LogP contribution in [0.15, 0.2) is 29.3 Å². The van der Waals surface area contributed by atoms with Gasteiger partial charge in [-0.1, -0.05) is 19.1 Å². The van der Waals surface area contributed by atoms with Gasteiger partial charge >= 0.3 is 6.36 Å². The lowest BCUT2D eigenvalue weighted by atomic mass is 10.2. The Kier molecular flexibility index (Phi) is 6.92. The molecule has 8 heteroatoms. The fourth-order valence-electron chi connectivity index (χ4n) is 2.89. The molecule has 1 aromatic carbocycles. The molecule has 3 N–H and O–H groups in total. The Morgan fingerprint density at radius 2 is 1.92 bits per heavy atom. The summed E-state index contributed by atoms with van der Waals surface area (Å²) in [4.78, 5) is 6.69. The molecule has 0 bridgehead atoms. The van der Waals surface area contributed by atoms with Crippen molar-refractivity contribution in [3.05, 3.63) is 29.8 Å². The molecule has 0 saturated carbocycles. The first kappa shape index (κ1) is 19.4. The summed E-state index contributed by atoms with van der Waals surface area (Å²) in [5.74, 6) is 0.0935. The van der Waals surface area contributed by atoms with Crippen LogP contribution in [0.4, 0.5) is 13.2 Å². The molecule has 140 valence electrons. The highest BCUT2D eigenvalue weighted by Crippen LogP contribution is 2.22. The SMILES string of the molecule is CCC(CNC(N)=NCc1ccc(OC(F)(F)F)cc1)N1CCCC1. The zero-order chi connectivity index (χ0) is 18.3. The average Bonchev–Trinajstić information content (AvgIpc) is 3.08. The molecule has 1 atom stereocenters. The molecule has 1 saturated heterocycles. The van der Waals surface area contributed by atoms with Crippen molar-refractivity contribution < 1.29 is 17.9 Å². The zero-order valence-corrected chi connectivity index (χ0v) is 14.4. The number of nitrogens with two attached hydrogens (primary N) is 1. The van der Waals surface area contributed by atoms with Crippen LogP contribution in [0.3, 0.4) is 0 Å². The van der Waals surface area contributed by atoms with Crippen molar-refractivity contribution in [3.8, 4) is 5.75 Å². The fraction of sp³-hybridized carbons (Fsp3) is 0.588. The smallest absolute Gasteiger partial charge is 0.406 e. The summed E-state index contributed by atoms with van der Waals surface area (Å²) in [5, 5.41) is 3.14. The van der Waals surface area contributed by atoms with Gasteiger partial charge in [0, 0.05) is 12.6 Å². The van der Waals surface area contributed by atoms with Crippen LogP contribution in [0, 0.1) is 0 Å². The van der Waals surface area contributed by atoms with E-state index in [0.717, 1.165) is 31.6 Å².